The molecule has 1 unspecified atom stereocenters. The van der Waals surface area contributed by atoms with E-state index < -0.39 is 0 Å². The number of rotatable bonds is 6. The summed E-state index contributed by atoms with van der Waals surface area (Å²) in [5.41, 5.74) is 6.69. The molecule has 20 heavy (non-hydrogen) atoms. The van der Waals surface area contributed by atoms with E-state index in [9.17, 15) is 4.79 Å². The van der Waals surface area contributed by atoms with E-state index >= 15 is 0 Å². The smallest absolute Gasteiger partial charge is 0.241 e. The van der Waals surface area contributed by atoms with E-state index in [0.717, 1.165) is 0 Å². The van der Waals surface area contributed by atoms with Gasteiger partial charge in [-0.15, -0.1) is 0 Å². The lowest BCUT2D eigenvalue weighted by molar-refractivity contribution is -0.120. The first kappa shape index (κ1) is 16.3. The molecule has 1 aromatic rings. The average Bonchev–Trinajstić information content (AvgIpc) is 2.42. The van der Waals surface area contributed by atoms with Crippen molar-refractivity contribution in [2.24, 2.45) is 0 Å². The maximum absolute atomic E-state index is 12.2. The van der Waals surface area contributed by atoms with Gasteiger partial charge in [0.25, 0.3) is 0 Å². The largest absolute Gasteiger partial charge is 0.399 e. The van der Waals surface area contributed by atoms with Crippen molar-refractivity contribution in [3.8, 4) is 6.07 Å². The molecule has 0 aliphatic heterocycles. The molecule has 0 saturated heterocycles. The third-order valence-electron chi connectivity index (χ3n) is 3.10. The predicted octanol–water partition coefficient (Wildman–Crippen LogP) is 2.48. The zero-order chi connectivity index (χ0) is 15.1. The third kappa shape index (κ3) is 4.41. The highest BCUT2D eigenvalue weighted by Gasteiger charge is 2.20. The molecule has 5 nitrogen and oxygen atoms in total. The number of hydrogen-bond donors (Lipinski definition) is 2. The van der Waals surface area contributed by atoms with Crippen LogP contribution in [0.15, 0.2) is 18.2 Å². The van der Waals surface area contributed by atoms with Crippen LogP contribution in [0.3, 0.4) is 0 Å². The number of anilines is 2. The van der Waals surface area contributed by atoms with E-state index in [1.165, 1.54) is 0 Å². The standard InChI is InChI=1S/C14H19ClN4O/c1-3-19(8-4-7-16)10(2)14(20)18-13-6-5-11(17)9-12(13)15/h5-6,9-10H,3-4,8,17H2,1-2H3,(H,18,20). The molecule has 108 valence electrons. The first-order chi connectivity index (χ1) is 9.49. The second-order valence-corrected chi connectivity index (χ2v) is 4.85. The van der Waals surface area contributed by atoms with Crippen molar-refractivity contribution in [2.75, 3.05) is 24.1 Å². The second-order valence-electron chi connectivity index (χ2n) is 4.44. The van der Waals surface area contributed by atoms with Crippen molar-refractivity contribution in [1.82, 2.24) is 4.90 Å². The van der Waals surface area contributed by atoms with E-state index in [1.807, 2.05) is 11.8 Å². The Bertz CT molecular complexity index is 512. The Balaban J connectivity index is 2.71. The Morgan fingerprint density at radius 3 is 2.85 bits per heavy atom. The zero-order valence-electron chi connectivity index (χ0n) is 11.7. The number of nitrogens with two attached hydrogens (primary N) is 1. The highest BCUT2D eigenvalue weighted by Crippen LogP contribution is 2.24. The molecule has 1 aromatic carbocycles. The summed E-state index contributed by atoms with van der Waals surface area (Å²) in [5.74, 6) is -0.156. The zero-order valence-corrected chi connectivity index (χ0v) is 12.4. The number of halogens is 1. The predicted molar refractivity (Wildman–Crippen MR) is 81.4 cm³/mol. The van der Waals surface area contributed by atoms with Gasteiger partial charge in [0, 0.05) is 18.7 Å². The first-order valence-corrected chi connectivity index (χ1v) is 6.84. The van der Waals surface area contributed by atoms with Gasteiger partial charge in [-0.1, -0.05) is 18.5 Å². The second kappa shape index (κ2) is 7.73. The molecule has 0 heterocycles. The summed E-state index contributed by atoms with van der Waals surface area (Å²) in [4.78, 5) is 14.1. The first-order valence-electron chi connectivity index (χ1n) is 6.46. The van der Waals surface area contributed by atoms with Gasteiger partial charge in [0.05, 0.1) is 22.8 Å². The number of hydrogen-bond acceptors (Lipinski definition) is 4. The minimum atomic E-state index is -0.332. The van der Waals surface area contributed by atoms with Crippen LogP contribution in [0.1, 0.15) is 20.3 Å². The van der Waals surface area contributed by atoms with Crippen LogP contribution in [0.5, 0.6) is 0 Å². The maximum Gasteiger partial charge on any atom is 0.241 e. The maximum atomic E-state index is 12.2. The summed E-state index contributed by atoms with van der Waals surface area (Å²) in [6.07, 6.45) is 0.397. The molecule has 0 aromatic heterocycles. The summed E-state index contributed by atoms with van der Waals surface area (Å²) in [6, 6.07) is 6.70. The van der Waals surface area contributed by atoms with Crippen molar-refractivity contribution in [3.05, 3.63) is 23.2 Å². The quantitative estimate of drug-likeness (QED) is 0.790. The molecule has 1 rings (SSSR count). The van der Waals surface area contributed by atoms with E-state index in [0.29, 0.717) is 35.9 Å². The highest BCUT2D eigenvalue weighted by molar-refractivity contribution is 6.34. The molecule has 0 aliphatic carbocycles. The topological polar surface area (TPSA) is 82.2 Å². The SMILES string of the molecule is CCN(CCC#N)C(C)C(=O)Nc1ccc(N)cc1Cl. The molecule has 0 bridgehead atoms. The molecule has 0 saturated carbocycles. The molecule has 3 N–H and O–H groups in total. The van der Waals surface area contributed by atoms with Crippen LogP contribution >= 0.6 is 11.6 Å². The van der Waals surface area contributed by atoms with Crippen molar-refractivity contribution in [2.45, 2.75) is 26.3 Å². The third-order valence-corrected chi connectivity index (χ3v) is 3.41. The lowest BCUT2D eigenvalue weighted by Gasteiger charge is -2.26. The molecule has 0 radical (unpaired) electrons. The molecule has 1 atom stereocenters. The number of carbonyl (C=O) groups excluding carboxylic acids is 1. The summed E-state index contributed by atoms with van der Waals surface area (Å²) < 4.78 is 0. The van der Waals surface area contributed by atoms with Gasteiger partial charge in [0.2, 0.25) is 5.91 Å². The fourth-order valence-electron chi connectivity index (χ4n) is 1.85. The van der Waals surface area contributed by atoms with Gasteiger partial charge < -0.3 is 11.1 Å². The van der Waals surface area contributed by atoms with Crippen LogP contribution in [0.25, 0.3) is 0 Å². The van der Waals surface area contributed by atoms with E-state index in [2.05, 4.69) is 11.4 Å². The number of carbonyl (C=O) groups is 1. The summed E-state index contributed by atoms with van der Waals surface area (Å²) >= 11 is 6.02. The molecule has 0 fully saturated rings. The van der Waals surface area contributed by atoms with Gasteiger partial charge in [0.1, 0.15) is 0 Å². The molecule has 0 aliphatic rings. The number of nitrogens with one attached hydrogen (secondary N) is 1. The molecule has 1 amide bonds. The van der Waals surface area contributed by atoms with Crippen LogP contribution in [-0.4, -0.2) is 29.9 Å². The van der Waals surface area contributed by atoms with E-state index in [1.54, 1.807) is 25.1 Å². The van der Waals surface area contributed by atoms with Gasteiger partial charge in [-0.3, -0.25) is 9.69 Å². The van der Waals surface area contributed by atoms with E-state index in [-0.39, 0.29) is 11.9 Å². The highest BCUT2D eigenvalue weighted by atomic mass is 35.5. The molecule has 6 heteroatoms. The van der Waals surface area contributed by atoms with Crippen molar-refractivity contribution >= 4 is 28.9 Å². The van der Waals surface area contributed by atoms with Crippen LogP contribution < -0.4 is 11.1 Å². The minimum absolute atomic E-state index is 0.156. The summed E-state index contributed by atoms with van der Waals surface area (Å²) in [6.45, 7) is 5.03. The van der Waals surface area contributed by atoms with Gasteiger partial charge in [-0.25, -0.2) is 0 Å². The van der Waals surface area contributed by atoms with Crippen LogP contribution in [0, 0.1) is 11.3 Å². The fourth-order valence-corrected chi connectivity index (χ4v) is 2.09. The molecule has 0 spiro atoms. The number of likely N-dealkylation sites (N-methyl/N-ethyl adjacent to an activating group) is 1. The van der Waals surface area contributed by atoms with Gasteiger partial charge in [-0.2, -0.15) is 5.26 Å². The average molecular weight is 295 g/mol. The lowest BCUT2D eigenvalue weighted by atomic mass is 10.2. The van der Waals surface area contributed by atoms with Gasteiger partial charge in [-0.05, 0) is 31.7 Å². The number of nitriles is 1. The summed E-state index contributed by atoms with van der Waals surface area (Å²) in [7, 11) is 0. The Labute approximate surface area is 124 Å². The van der Waals surface area contributed by atoms with Crippen LogP contribution in [-0.2, 0) is 4.79 Å². The normalized spacial score (nSPS) is 11.9. The number of benzene rings is 1. The van der Waals surface area contributed by atoms with E-state index in [4.69, 9.17) is 22.6 Å². The number of nitrogens with zero attached hydrogens (tertiary/aromatic N) is 2. The van der Waals surface area contributed by atoms with Crippen molar-refractivity contribution in [1.29, 1.82) is 5.26 Å². The molecular formula is C14H19ClN4O. The Morgan fingerprint density at radius 1 is 1.60 bits per heavy atom. The lowest BCUT2D eigenvalue weighted by Crippen LogP contribution is -2.42. The number of nitrogen functional groups attached to an aromatic ring is 1. The fraction of sp³-hybridized carbons (Fsp3) is 0.429. The monoisotopic (exact) mass is 294 g/mol. The Hall–Kier alpha value is -1.77. The Morgan fingerprint density at radius 2 is 2.30 bits per heavy atom. The Kier molecular flexibility index (Phi) is 6.29. The van der Waals surface area contributed by atoms with Crippen molar-refractivity contribution in [3.63, 3.8) is 0 Å². The van der Waals surface area contributed by atoms with Gasteiger partial charge in [0.15, 0.2) is 0 Å². The van der Waals surface area contributed by atoms with Gasteiger partial charge >= 0.3 is 0 Å². The van der Waals surface area contributed by atoms with Crippen LogP contribution in [0.4, 0.5) is 11.4 Å². The summed E-state index contributed by atoms with van der Waals surface area (Å²) in [5, 5.41) is 11.8. The number of amides is 1. The molecular weight excluding hydrogens is 276 g/mol. The minimum Gasteiger partial charge on any atom is -0.399 e. The van der Waals surface area contributed by atoms with Crippen molar-refractivity contribution < 1.29 is 4.79 Å². The van der Waals surface area contributed by atoms with Crippen LogP contribution in [0.2, 0.25) is 5.02 Å².